The normalized spacial score (nSPS) is 18.8. The quantitative estimate of drug-likeness (QED) is 0.774. The number of aromatic nitrogens is 1. The molecule has 1 N–H and O–H groups in total. The molecule has 1 aromatic heterocycles. The molecule has 2 aliphatic rings. The van der Waals surface area contributed by atoms with Gasteiger partial charge in [-0.2, -0.15) is 0 Å². The number of hydrogen-bond donors (Lipinski definition) is 1. The zero-order chi connectivity index (χ0) is 13.1. The Bertz CT molecular complexity index is 416. The van der Waals surface area contributed by atoms with E-state index in [4.69, 9.17) is 4.74 Å². The summed E-state index contributed by atoms with van der Waals surface area (Å²) >= 11 is 0. The lowest BCUT2D eigenvalue weighted by Crippen LogP contribution is -2.26. The highest BCUT2D eigenvalue weighted by molar-refractivity contribution is 5.25. The first-order chi connectivity index (χ1) is 9.33. The number of ether oxygens (including phenoxy) is 1. The molecule has 0 aromatic carbocycles. The topological polar surface area (TPSA) is 37.4 Å². The van der Waals surface area contributed by atoms with Crippen LogP contribution >= 0.6 is 0 Å². The van der Waals surface area contributed by atoms with E-state index < -0.39 is 0 Å². The van der Waals surface area contributed by atoms with E-state index in [9.17, 15) is 0 Å². The summed E-state index contributed by atoms with van der Waals surface area (Å²) < 4.78 is 5.85. The average Bonchev–Trinajstić information content (AvgIpc) is 3.30. The van der Waals surface area contributed by atoms with Gasteiger partial charge in [0.25, 0.3) is 0 Å². The van der Waals surface area contributed by atoms with Crippen molar-refractivity contribution in [2.75, 3.05) is 20.2 Å². The monoisotopic (exact) mass is 261 g/mol. The second kappa shape index (κ2) is 5.88. The second-order valence-electron chi connectivity index (χ2n) is 5.68. The summed E-state index contributed by atoms with van der Waals surface area (Å²) in [6.45, 7) is 2.57. The fourth-order valence-electron chi connectivity index (χ4n) is 2.21. The van der Waals surface area contributed by atoms with Gasteiger partial charge in [0.15, 0.2) is 0 Å². The Morgan fingerprint density at radius 2 is 2.21 bits per heavy atom. The first-order valence-corrected chi connectivity index (χ1v) is 7.33. The molecule has 0 spiro atoms. The van der Waals surface area contributed by atoms with Crippen molar-refractivity contribution in [3.63, 3.8) is 0 Å². The van der Waals surface area contributed by atoms with Gasteiger partial charge in [0.1, 0.15) is 6.61 Å². The van der Waals surface area contributed by atoms with Crippen molar-refractivity contribution in [1.29, 1.82) is 0 Å². The maximum atomic E-state index is 5.85. The number of rotatable bonds is 8. The highest BCUT2D eigenvalue weighted by atomic mass is 16.5. The zero-order valence-electron chi connectivity index (χ0n) is 11.6. The third kappa shape index (κ3) is 3.91. The Morgan fingerprint density at radius 3 is 2.95 bits per heavy atom. The minimum Gasteiger partial charge on any atom is -0.476 e. The van der Waals surface area contributed by atoms with Crippen LogP contribution in [-0.2, 0) is 6.54 Å². The van der Waals surface area contributed by atoms with Crippen LogP contribution in [0.2, 0.25) is 0 Å². The van der Waals surface area contributed by atoms with Gasteiger partial charge in [0.2, 0.25) is 5.88 Å². The molecular formula is C15H23N3O. The van der Waals surface area contributed by atoms with Gasteiger partial charge in [-0.1, -0.05) is 6.07 Å². The lowest BCUT2D eigenvalue weighted by atomic mass is 10.2. The summed E-state index contributed by atoms with van der Waals surface area (Å²) in [5, 5.41) is 3.51. The van der Waals surface area contributed by atoms with Gasteiger partial charge in [0.05, 0.1) is 0 Å². The minimum absolute atomic E-state index is 0.717. The van der Waals surface area contributed by atoms with Crippen molar-refractivity contribution in [1.82, 2.24) is 15.2 Å². The maximum Gasteiger partial charge on any atom is 0.217 e. The summed E-state index contributed by atoms with van der Waals surface area (Å²) in [5.41, 5.74) is 1.17. The van der Waals surface area contributed by atoms with Gasteiger partial charge in [-0.25, -0.2) is 4.98 Å². The molecule has 0 atom stereocenters. The Kier molecular flexibility index (Phi) is 3.99. The Morgan fingerprint density at radius 1 is 1.37 bits per heavy atom. The predicted octanol–water partition coefficient (Wildman–Crippen LogP) is 1.81. The van der Waals surface area contributed by atoms with Crippen LogP contribution in [0.3, 0.4) is 0 Å². The molecule has 0 aliphatic heterocycles. The maximum absolute atomic E-state index is 5.85. The highest BCUT2D eigenvalue weighted by Crippen LogP contribution is 2.25. The average molecular weight is 261 g/mol. The summed E-state index contributed by atoms with van der Waals surface area (Å²) in [5.74, 6) is 0.792. The molecule has 0 unspecified atom stereocenters. The zero-order valence-corrected chi connectivity index (χ0v) is 11.6. The largest absolute Gasteiger partial charge is 0.476 e. The minimum atomic E-state index is 0.717. The van der Waals surface area contributed by atoms with Crippen molar-refractivity contribution >= 4 is 0 Å². The van der Waals surface area contributed by atoms with Crippen molar-refractivity contribution in [3.8, 4) is 5.88 Å². The summed E-state index contributed by atoms with van der Waals surface area (Å²) in [4.78, 5) is 6.73. The Balaban J connectivity index is 1.47. The number of pyridine rings is 1. The summed E-state index contributed by atoms with van der Waals surface area (Å²) in [7, 11) is 2.18. The van der Waals surface area contributed by atoms with E-state index in [1.807, 2.05) is 6.07 Å². The molecule has 0 saturated heterocycles. The van der Waals surface area contributed by atoms with Crippen molar-refractivity contribution in [2.24, 2.45) is 0 Å². The van der Waals surface area contributed by atoms with Gasteiger partial charge in [-0.15, -0.1) is 0 Å². The fourth-order valence-corrected chi connectivity index (χ4v) is 2.21. The summed E-state index contributed by atoms with van der Waals surface area (Å²) in [6, 6.07) is 5.59. The van der Waals surface area contributed by atoms with Crippen LogP contribution in [0.4, 0.5) is 0 Å². The Labute approximate surface area is 115 Å². The van der Waals surface area contributed by atoms with Crippen LogP contribution < -0.4 is 10.1 Å². The van der Waals surface area contributed by atoms with Crippen LogP contribution in [0.5, 0.6) is 5.88 Å². The number of nitrogens with one attached hydrogen (secondary N) is 1. The molecule has 2 fully saturated rings. The Hall–Kier alpha value is -1.13. The number of likely N-dealkylation sites (N-methyl/N-ethyl adjacent to an activating group) is 1. The fraction of sp³-hybridized carbons (Fsp3) is 0.667. The molecule has 0 amide bonds. The molecule has 104 valence electrons. The molecule has 1 aromatic rings. The van der Waals surface area contributed by atoms with Crippen LogP contribution in [0, 0.1) is 0 Å². The second-order valence-corrected chi connectivity index (χ2v) is 5.68. The molecule has 0 radical (unpaired) electrons. The molecular weight excluding hydrogens is 238 g/mol. The SMILES string of the molecule is CN(CCOc1ncccc1CNC1CC1)C1CC1. The third-order valence-corrected chi connectivity index (χ3v) is 3.86. The third-order valence-electron chi connectivity index (χ3n) is 3.86. The molecule has 1 heterocycles. The lowest BCUT2D eigenvalue weighted by Gasteiger charge is -2.16. The first kappa shape index (κ1) is 12.9. The molecule has 4 heteroatoms. The molecule has 4 nitrogen and oxygen atoms in total. The van der Waals surface area contributed by atoms with Gasteiger partial charge < -0.3 is 15.0 Å². The molecule has 19 heavy (non-hydrogen) atoms. The standard InChI is InChI=1S/C15H23N3O/c1-18(14-6-7-14)9-10-19-15-12(3-2-8-16-15)11-17-13-4-5-13/h2-3,8,13-14,17H,4-7,9-11H2,1H3. The van der Waals surface area contributed by atoms with Crippen LogP contribution in [0.1, 0.15) is 31.2 Å². The number of hydrogen-bond acceptors (Lipinski definition) is 4. The van der Waals surface area contributed by atoms with Crippen LogP contribution in [-0.4, -0.2) is 42.2 Å². The van der Waals surface area contributed by atoms with Crippen molar-refractivity contribution in [3.05, 3.63) is 23.9 Å². The predicted molar refractivity (Wildman–Crippen MR) is 75.2 cm³/mol. The van der Waals surface area contributed by atoms with E-state index in [-0.39, 0.29) is 0 Å². The van der Waals surface area contributed by atoms with Gasteiger partial charge in [-0.05, 0) is 38.8 Å². The van der Waals surface area contributed by atoms with Crippen LogP contribution in [0.25, 0.3) is 0 Å². The molecule has 2 aliphatic carbocycles. The van der Waals surface area contributed by atoms with Crippen LogP contribution in [0.15, 0.2) is 18.3 Å². The van der Waals surface area contributed by atoms with E-state index in [1.165, 1.54) is 31.2 Å². The first-order valence-electron chi connectivity index (χ1n) is 7.33. The number of nitrogens with zero attached hydrogens (tertiary/aromatic N) is 2. The summed E-state index contributed by atoms with van der Waals surface area (Å²) in [6.07, 6.45) is 7.11. The van der Waals surface area contributed by atoms with Crippen molar-refractivity contribution < 1.29 is 4.74 Å². The van der Waals surface area contributed by atoms with Crippen molar-refractivity contribution in [2.45, 2.75) is 44.3 Å². The van der Waals surface area contributed by atoms with E-state index >= 15 is 0 Å². The molecule has 0 bridgehead atoms. The molecule has 3 rings (SSSR count). The van der Waals surface area contributed by atoms with Gasteiger partial charge >= 0.3 is 0 Å². The smallest absolute Gasteiger partial charge is 0.217 e. The van der Waals surface area contributed by atoms with Gasteiger partial charge in [-0.3, -0.25) is 0 Å². The highest BCUT2D eigenvalue weighted by Gasteiger charge is 2.25. The van der Waals surface area contributed by atoms with E-state index in [0.29, 0.717) is 6.04 Å². The molecule has 2 saturated carbocycles. The van der Waals surface area contributed by atoms with E-state index in [2.05, 4.69) is 28.3 Å². The van der Waals surface area contributed by atoms with E-state index in [1.54, 1.807) is 6.20 Å². The lowest BCUT2D eigenvalue weighted by molar-refractivity contribution is 0.224. The van der Waals surface area contributed by atoms with E-state index in [0.717, 1.165) is 31.6 Å². The van der Waals surface area contributed by atoms with Gasteiger partial charge in [0, 0.05) is 36.9 Å².